The Hall–Kier alpha value is -1.81. The van der Waals surface area contributed by atoms with Gasteiger partial charge in [-0.1, -0.05) is 19.3 Å². The standard InChI is InChI=1S/C19H23NO3/c1-12(2)18-17(21)14-8-9-16-15(19(14)23-18)10-20(11-22-16)13-6-4-3-5-7-13/h8-9,13H,3-7,10-11H2,1-2H3. The molecule has 0 bridgehead atoms. The smallest absolute Gasteiger partial charge is 0.231 e. The second kappa shape index (κ2) is 5.68. The van der Waals surface area contributed by atoms with Crippen LogP contribution in [0, 0.1) is 0 Å². The summed E-state index contributed by atoms with van der Waals surface area (Å²) < 4.78 is 11.9. The summed E-state index contributed by atoms with van der Waals surface area (Å²) in [6.07, 6.45) is 6.44. The number of ketones is 1. The number of carbonyl (C=O) groups excluding carboxylic acids is 1. The molecule has 1 fully saturated rings. The van der Waals surface area contributed by atoms with Crippen LogP contribution in [0.1, 0.15) is 61.9 Å². The Bertz CT molecular complexity index is 682. The number of hydrogen-bond acceptors (Lipinski definition) is 4. The van der Waals surface area contributed by atoms with E-state index in [2.05, 4.69) is 4.90 Å². The highest BCUT2D eigenvalue weighted by atomic mass is 16.5. The van der Waals surface area contributed by atoms with E-state index in [-0.39, 0.29) is 5.78 Å². The lowest BCUT2D eigenvalue weighted by molar-refractivity contribution is 0.0393. The first-order valence-corrected chi connectivity index (χ1v) is 8.58. The molecule has 1 aromatic carbocycles. The SMILES string of the molecule is CC(C)=C1Oc2c(ccc3c2CN(C2CCCCC2)CO3)C1=O. The fourth-order valence-corrected chi connectivity index (χ4v) is 3.87. The van der Waals surface area contributed by atoms with Gasteiger partial charge in [-0.2, -0.15) is 0 Å². The number of hydrogen-bond donors (Lipinski definition) is 0. The molecule has 23 heavy (non-hydrogen) atoms. The van der Waals surface area contributed by atoms with Crippen molar-refractivity contribution in [1.82, 2.24) is 4.90 Å². The van der Waals surface area contributed by atoms with Gasteiger partial charge in [-0.25, -0.2) is 0 Å². The Balaban J connectivity index is 1.67. The lowest BCUT2D eigenvalue weighted by atomic mass is 9.93. The minimum atomic E-state index is -0.00223. The minimum absolute atomic E-state index is 0.00223. The third kappa shape index (κ3) is 2.45. The van der Waals surface area contributed by atoms with E-state index in [9.17, 15) is 4.79 Å². The highest BCUT2D eigenvalue weighted by Crippen LogP contribution is 2.43. The van der Waals surface area contributed by atoms with Crippen LogP contribution < -0.4 is 9.47 Å². The average Bonchev–Trinajstić information content (AvgIpc) is 2.93. The molecular formula is C19H23NO3. The minimum Gasteiger partial charge on any atom is -0.478 e. The van der Waals surface area contributed by atoms with Gasteiger partial charge in [-0.15, -0.1) is 0 Å². The molecule has 4 heteroatoms. The van der Waals surface area contributed by atoms with Gasteiger partial charge in [0.2, 0.25) is 5.78 Å². The maximum Gasteiger partial charge on any atom is 0.231 e. The average molecular weight is 313 g/mol. The molecule has 4 rings (SSSR count). The van der Waals surface area contributed by atoms with Crippen molar-refractivity contribution >= 4 is 5.78 Å². The Labute approximate surface area is 137 Å². The van der Waals surface area contributed by atoms with Crippen molar-refractivity contribution in [3.63, 3.8) is 0 Å². The van der Waals surface area contributed by atoms with E-state index in [1.165, 1.54) is 32.1 Å². The molecule has 0 saturated heterocycles. The molecule has 0 aromatic heterocycles. The molecular weight excluding hydrogens is 290 g/mol. The summed E-state index contributed by atoms with van der Waals surface area (Å²) in [7, 11) is 0. The van der Waals surface area contributed by atoms with Crippen molar-refractivity contribution in [3.8, 4) is 11.5 Å². The van der Waals surface area contributed by atoms with Gasteiger partial charge < -0.3 is 9.47 Å². The quantitative estimate of drug-likeness (QED) is 0.734. The zero-order valence-corrected chi connectivity index (χ0v) is 13.9. The number of nitrogens with zero attached hydrogens (tertiary/aromatic N) is 1. The summed E-state index contributed by atoms with van der Waals surface area (Å²) in [6, 6.07) is 4.34. The van der Waals surface area contributed by atoms with Crippen LogP contribution in [-0.4, -0.2) is 23.5 Å². The van der Waals surface area contributed by atoms with Crippen molar-refractivity contribution in [3.05, 3.63) is 34.6 Å². The summed E-state index contributed by atoms with van der Waals surface area (Å²) in [5.41, 5.74) is 2.62. The summed E-state index contributed by atoms with van der Waals surface area (Å²) in [5, 5.41) is 0. The largest absolute Gasteiger partial charge is 0.478 e. The zero-order chi connectivity index (χ0) is 16.0. The van der Waals surface area contributed by atoms with E-state index in [4.69, 9.17) is 9.47 Å². The molecule has 0 N–H and O–H groups in total. The lowest BCUT2D eigenvalue weighted by Crippen LogP contribution is -2.41. The molecule has 2 aliphatic heterocycles. The third-order valence-corrected chi connectivity index (χ3v) is 5.16. The highest BCUT2D eigenvalue weighted by molar-refractivity contribution is 6.13. The fraction of sp³-hybridized carbons (Fsp3) is 0.526. The number of rotatable bonds is 1. The van der Waals surface area contributed by atoms with E-state index >= 15 is 0 Å². The van der Waals surface area contributed by atoms with E-state index in [1.807, 2.05) is 26.0 Å². The Kier molecular flexibility index (Phi) is 3.64. The van der Waals surface area contributed by atoms with Crippen LogP contribution in [-0.2, 0) is 6.54 Å². The van der Waals surface area contributed by atoms with Gasteiger partial charge in [0, 0.05) is 12.6 Å². The number of allylic oxidation sites excluding steroid dienone is 2. The Morgan fingerprint density at radius 2 is 1.96 bits per heavy atom. The van der Waals surface area contributed by atoms with E-state index in [0.29, 0.717) is 29.8 Å². The molecule has 1 aliphatic carbocycles. The first-order chi connectivity index (χ1) is 11.1. The van der Waals surface area contributed by atoms with Crippen LogP contribution in [0.5, 0.6) is 11.5 Å². The number of benzene rings is 1. The second-order valence-electron chi connectivity index (χ2n) is 6.99. The maximum atomic E-state index is 12.5. The molecule has 0 radical (unpaired) electrons. The lowest BCUT2D eigenvalue weighted by Gasteiger charge is -2.37. The van der Waals surface area contributed by atoms with Gasteiger partial charge >= 0.3 is 0 Å². The van der Waals surface area contributed by atoms with Crippen LogP contribution in [0.25, 0.3) is 0 Å². The first kappa shape index (κ1) is 14.8. The summed E-state index contributed by atoms with van der Waals surface area (Å²) in [4.78, 5) is 14.9. The molecule has 2 heterocycles. The van der Waals surface area contributed by atoms with Crippen LogP contribution >= 0.6 is 0 Å². The molecule has 4 nitrogen and oxygen atoms in total. The van der Waals surface area contributed by atoms with Crippen LogP contribution in [0.3, 0.4) is 0 Å². The van der Waals surface area contributed by atoms with E-state index in [0.717, 1.165) is 23.4 Å². The predicted octanol–water partition coefficient (Wildman–Crippen LogP) is 4.04. The van der Waals surface area contributed by atoms with Crippen molar-refractivity contribution < 1.29 is 14.3 Å². The van der Waals surface area contributed by atoms with Crippen LogP contribution in [0.4, 0.5) is 0 Å². The van der Waals surface area contributed by atoms with E-state index in [1.54, 1.807) is 0 Å². The Morgan fingerprint density at radius 1 is 1.17 bits per heavy atom. The number of carbonyl (C=O) groups is 1. The van der Waals surface area contributed by atoms with Crippen LogP contribution in [0.15, 0.2) is 23.5 Å². The molecule has 0 unspecified atom stereocenters. The monoisotopic (exact) mass is 313 g/mol. The maximum absolute atomic E-state index is 12.5. The van der Waals surface area contributed by atoms with Gasteiger partial charge in [-0.05, 0) is 44.4 Å². The molecule has 0 spiro atoms. The predicted molar refractivity (Wildman–Crippen MR) is 87.7 cm³/mol. The van der Waals surface area contributed by atoms with Crippen molar-refractivity contribution in [2.45, 2.75) is 58.5 Å². The molecule has 122 valence electrons. The Morgan fingerprint density at radius 3 is 2.70 bits per heavy atom. The van der Waals surface area contributed by atoms with Gasteiger partial charge in [0.15, 0.2) is 5.76 Å². The summed E-state index contributed by atoms with van der Waals surface area (Å²) in [5.74, 6) is 2.05. The van der Waals surface area contributed by atoms with Crippen LogP contribution in [0.2, 0.25) is 0 Å². The number of ether oxygens (including phenoxy) is 2. The van der Waals surface area contributed by atoms with Crippen molar-refractivity contribution in [2.24, 2.45) is 0 Å². The van der Waals surface area contributed by atoms with E-state index < -0.39 is 0 Å². The fourth-order valence-electron chi connectivity index (χ4n) is 3.87. The normalized spacial score (nSPS) is 21.5. The highest BCUT2D eigenvalue weighted by Gasteiger charge is 2.35. The molecule has 1 aromatic rings. The van der Waals surface area contributed by atoms with Crippen molar-refractivity contribution in [1.29, 1.82) is 0 Å². The first-order valence-electron chi connectivity index (χ1n) is 8.58. The third-order valence-electron chi connectivity index (χ3n) is 5.16. The molecule has 0 amide bonds. The van der Waals surface area contributed by atoms with Gasteiger partial charge in [0.1, 0.15) is 18.2 Å². The second-order valence-corrected chi connectivity index (χ2v) is 6.99. The molecule has 3 aliphatic rings. The molecule has 1 saturated carbocycles. The number of fused-ring (bicyclic) bond motifs is 3. The van der Waals surface area contributed by atoms with Gasteiger partial charge in [-0.3, -0.25) is 9.69 Å². The summed E-state index contributed by atoms with van der Waals surface area (Å²) >= 11 is 0. The zero-order valence-electron chi connectivity index (χ0n) is 13.9. The number of Topliss-reactive ketones (excluding diaryl/α,β-unsaturated/α-hetero) is 1. The van der Waals surface area contributed by atoms with Gasteiger partial charge in [0.25, 0.3) is 0 Å². The topological polar surface area (TPSA) is 38.8 Å². The van der Waals surface area contributed by atoms with Gasteiger partial charge in [0.05, 0.1) is 11.1 Å². The summed E-state index contributed by atoms with van der Waals surface area (Å²) in [6.45, 7) is 5.28. The van der Waals surface area contributed by atoms with Crippen molar-refractivity contribution in [2.75, 3.05) is 6.73 Å². The molecule has 0 atom stereocenters.